The normalized spacial score (nSPS) is 28.4. The molecule has 152 valence electrons. The SMILES string of the molecule is COCO[C@H]1[C@@H](c2ccc(F)c(F)c2OC)[C@H](C(=O)O)O[C@@]1(C)C(F)(F)F. The van der Waals surface area contributed by atoms with E-state index in [2.05, 4.69) is 4.74 Å². The third-order valence-electron chi connectivity index (χ3n) is 4.38. The Bertz CT molecular complexity index is 709. The van der Waals surface area contributed by atoms with Gasteiger partial charge in [-0.25, -0.2) is 9.18 Å². The van der Waals surface area contributed by atoms with E-state index < -0.39 is 60.0 Å². The molecule has 0 saturated carbocycles. The van der Waals surface area contributed by atoms with Crippen LogP contribution in [0.2, 0.25) is 0 Å². The highest BCUT2D eigenvalue weighted by atomic mass is 19.4. The molecular weight excluding hydrogens is 383 g/mol. The second kappa shape index (κ2) is 7.56. The minimum Gasteiger partial charge on any atom is -0.493 e. The lowest BCUT2D eigenvalue weighted by molar-refractivity contribution is -0.292. The number of rotatable bonds is 6. The van der Waals surface area contributed by atoms with E-state index in [9.17, 15) is 31.9 Å². The number of aliphatic carboxylic acids is 1. The minimum atomic E-state index is -5.03. The van der Waals surface area contributed by atoms with Crippen molar-refractivity contribution in [2.75, 3.05) is 21.0 Å². The molecule has 0 spiro atoms. The van der Waals surface area contributed by atoms with Gasteiger partial charge in [-0.3, -0.25) is 0 Å². The van der Waals surface area contributed by atoms with Crippen LogP contribution in [0.3, 0.4) is 0 Å². The van der Waals surface area contributed by atoms with Gasteiger partial charge in [-0.1, -0.05) is 6.07 Å². The van der Waals surface area contributed by atoms with Gasteiger partial charge in [0, 0.05) is 12.7 Å². The number of carboxylic acids is 1. The van der Waals surface area contributed by atoms with E-state index in [1.807, 2.05) is 0 Å². The monoisotopic (exact) mass is 400 g/mol. The Balaban J connectivity index is 2.69. The molecule has 0 radical (unpaired) electrons. The Hall–Kier alpha value is -1.98. The molecule has 1 aromatic carbocycles. The van der Waals surface area contributed by atoms with Crippen molar-refractivity contribution in [3.8, 4) is 5.75 Å². The summed E-state index contributed by atoms with van der Waals surface area (Å²) in [6.45, 7) is 0.00412. The highest BCUT2D eigenvalue weighted by Gasteiger charge is 2.68. The lowest BCUT2D eigenvalue weighted by Gasteiger charge is -2.33. The van der Waals surface area contributed by atoms with Gasteiger partial charge < -0.3 is 24.1 Å². The van der Waals surface area contributed by atoms with E-state index in [-0.39, 0.29) is 5.56 Å². The molecule has 0 aliphatic carbocycles. The quantitative estimate of drug-likeness (QED) is 0.585. The zero-order valence-electron chi connectivity index (χ0n) is 14.5. The first-order valence-electron chi connectivity index (χ1n) is 7.59. The van der Waals surface area contributed by atoms with Crippen molar-refractivity contribution in [1.29, 1.82) is 0 Å². The maximum atomic E-state index is 14.1. The van der Waals surface area contributed by atoms with Crippen LogP contribution in [0.5, 0.6) is 5.75 Å². The molecule has 1 fully saturated rings. The Morgan fingerprint density at radius 2 is 1.93 bits per heavy atom. The van der Waals surface area contributed by atoms with Crippen molar-refractivity contribution < 1.29 is 50.8 Å². The average Bonchev–Trinajstić information content (AvgIpc) is 2.89. The highest BCUT2D eigenvalue weighted by molar-refractivity contribution is 5.75. The number of carboxylic acid groups (broad SMARTS) is 1. The van der Waals surface area contributed by atoms with Crippen molar-refractivity contribution in [2.24, 2.45) is 0 Å². The fraction of sp³-hybridized carbons (Fsp3) is 0.562. The van der Waals surface area contributed by atoms with Crippen LogP contribution in [0.4, 0.5) is 22.0 Å². The third kappa shape index (κ3) is 3.58. The average molecular weight is 400 g/mol. The predicted molar refractivity (Wildman–Crippen MR) is 79.4 cm³/mol. The Labute approximate surface area is 150 Å². The summed E-state index contributed by atoms with van der Waals surface area (Å²) < 4.78 is 87.9. The number of ether oxygens (including phenoxy) is 4. The molecule has 11 heteroatoms. The fourth-order valence-corrected chi connectivity index (χ4v) is 3.08. The third-order valence-corrected chi connectivity index (χ3v) is 4.38. The van der Waals surface area contributed by atoms with Gasteiger partial charge in [0.1, 0.15) is 12.9 Å². The molecular formula is C16H17F5O6. The van der Waals surface area contributed by atoms with Gasteiger partial charge in [0.15, 0.2) is 23.3 Å². The largest absolute Gasteiger partial charge is 0.493 e. The Morgan fingerprint density at radius 1 is 1.30 bits per heavy atom. The molecule has 2 rings (SSSR count). The van der Waals surface area contributed by atoms with Crippen LogP contribution >= 0.6 is 0 Å². The lowest BCUT2D eigenvalue weighted by Crippen LogP contribution is -2.52. The van der Waals surface area contributed by atoms with Crippen molar-refractivity contribution >= 4 is 5.97 Å². The fourth-order valence-electron chi connectivity index (χ4n) is 3.08. The van der Waals surface area contributed by atoms with E-state index in [4.69, 9.17) is 14.2 Å². The molecule has 0 bridgehead atoms. The molecule has 6 nitrogen and oxygen atoms in total. The molecule has 1 aliphatic heterocycles. The number of hydrogen-bond donors (Lipinski definition) is 1. The number of carbonyl (C=O) groups is 1. The van der Waals surface area contributed by atoms with Gasteiger partial charge in [-0.05, 0) is 13.0 Å². The van der Waals surface area contributed by atoms with Gasteiger partial charge >= 0.3 is 12.1 Å². The summed E-state index contributed by atoms with van der Waals surface area (Å²) in [5, 5.41) is 9.39. The summed E-state index contributed by atoms with van der Waals surface area (Å²) in [4.78, 5) is 11.6. The zero-order valence-corrected chi connectivity index (χ0v) is 14.5. The van der Waals surface area contributed by atoms with E-state index in [0.717, 1.165) is 20.3 Å². The lowest BCUT2D eigenvalue weighted by atomic mass is 9.83. The van der Waals surface area contributed by atoms with Crippen molar-refractivity contribution in [2.45, 2.75) is 36.8 Å². The van der Waals surface area contributed by atoms with Crippen molar-refractivity contribution in [3.63, 3.8) is 0 Å². The van der Waals surface area contributed by atoms with Crippen LogP contribution in [0.25, 0.3) is 0 Å². The van der Waals surface area contributed by atoms with Crippen molar-refractivity contribution in [3.05, 3.63) is 29.3 Å². The number of hydrogen-bond acceptors (Lipinski definition) is 5. The van der Waals surface area contributed by atoms with E-state index >= 15 is 0 Å². The van der Waals surface area contributed by atoms with Gasteiger partial charge in [0.25, 0.3) is 0 Å². The Morgan fingerprint density at radius 3 is 2.41 bits per heavy atom. The summed E-state index contributed by atoms with van der Waals surface area (Å²) >= 11 is 0. The van der Waals surface area contributed by atoms with E-state index in [1.165, 1.54) is 0 Å². The van der Waals surface area contributed by atoms with Crippen LogP contribution in [-0.4, -0.2) is 56.1 Å². The second-order valence-electron chi connectivity index (χ2n) is 5.98. The molecule has 0 unspecified atom stereocenters. The second-order valence-corrected chi connectivity index (χ2v) is 5.98. The molecule has 0 aromatic heterocycles. The Kier molecular flexibility index (Phi) is 5.97. The maximum Gasteiger partial charge on any atom is 0.419 e. The number of alkyl halides is 3. The van der Waals surface area contributed by atoms with Gasteiger partial charge in [0.2, 0.25) is 5.82 Å². The number of halogens is 5. The van der Waals surface area contributed by atoms with Crippen LogP contribution in [-0.2, 0) is 19.0 Å². The van der Waals surface area contributed by atoms with Crippen LogP contribution in [0.15, 0.2) is 12.1 Å². The molecule has 0 amide bonds. The maximum absolute atomic E-state index is 14.1. The number of methoxy groups -OCH3 is 2. The molecule has 1 saturated heterocycles. The molecule has 1 aromatic rings. The van der Waals surface area contributed by atoms with E-state index in [1.54, 1.807) is 0 Å². The number of benzene rings is 1. The first-order valence-corrected chi connectivity index (χ1v) is 7.59. The molecule has 27 heavy (non-hydrogen) atoms. The van der Waals surface area contributed by atoms with E-state index in [0.29, 0.717) is 13.0 Å². The first kappa shape index (κ1) is 21.3. The molecule has 1 heterocycles. The van der Waals surface area contributed by atoms with Crippen molar-refractivity contribution in [1.82, 2.24) is 0 Å². The molecule has 1 aliphatic rings. The van der Waals surface area contributed by atoms with Crippen LogP contribution in [0.1, 0.15) is 18.4 Å². The predicted octanol–water partition coefficient (Wildman–Crippen LogP) is 2.85. The zero-order chi connectivity index (χ0) is 20.6. The topological polar surface area (TPSA) is 74.2 Å². The first-order chi connectivity index (χ1) is 12.5. The van der Waals surface area contributed by atoms with Gasteiger partial charge in [-0.2, -0.15) is 17.6 Å². The smallest absolute Gasteiger partial charge is 0.419 e. The summed E-state index contributed by atoms with van der Waals surface area (Å²) in [6.07, 6.45) is -9.02. The summed E-state index contributed by atoms with van der Waals surface area (Å²) in [7, 11) is 2.13. The minimum absolute atomic E-state index is 0.335. The standard InChI is InChI=1S/C16H17F5O6/c1-15(16(19,20)21)13(26-6-24-2)9(12(27-15)14(22)23)7-4-5-8(17)10(18)11(7)25-3/h4-5,9,12-13H,6H2,1-3H3,(H,22,23)/t9-,12+,13-,15+/m0/s1. The molecule has 1 N–H and O–H groups in total. The summed E-state index contributed by atoms with van der Waals surface area (Å²) in [5.74, 6) is -6.90. The highest BCUT2D eigenvalue weighted by Crippen LogP contribution is 2.52. The van der Waals surface area contributed by atoms with Crippen LogP contribution < -0.4 is 4.74 Å². The summed E-state index contributed by atoms with van der Waals surface area (Å²) in [6, 6.07) is 1.59. The molecule has 4 atom stereocenters. The van der Waals surface area contributed by atoms with Gasteiger partial charge in [0.05, 0.1) is 13.0 Å². The van der Waals surface area contributed by atoms with Gasteiger partial charge in [-0.15, -0.1) is 0 Å². The summed E-state index contributed by atoms with van der Waals surface area (Å²) in [5.41, 5.74) is -3.38. The van der Waals surface area contributed by atoms with Crippen LogP contribution in [0, 0.1) is 11.6 Å².